The SMILES string of the molecule is O=C(ON1C(=O)c2ccccc2C1=O)c1ccc(C2CCOCC2)cc1. The number of fused-ring (bicyclic) bond motifs is 1. The van der Waals surface area contributed by atoms with Crippen LogP contribution in [0.4, 0.5) is 0 Å². The molecule has 6 nitrogen and oxygen atoms in total. The first-order valence-corrected chi connectivity index (χ1v) is 8.53. The van der Waals surface area contributed by atoms with Gasteiger partial charge in [0.1, 0.15) is 0 Å². The minimum Gasteiger partial charge on any atom is -0.381 e. The lowest BCUT2D eigenvalue weighted by atomic mass is 9.91. The van der Waals surface area contributed by atoms with Gasteiger partial charge in [-0.25, -0.2) is 4.79 Å². The van der Waals surface area contributed by atoms with Crippen molar-refractivity contribution in [3.8, 4) is 0 Å². The number of benzene rings is 2. The van der Waals surface area contributed by atoms with Crippen molar-refractivity contribution in [2.24, 2.45) is 0 Å². The lowest BCUT2D eigenvalue weighted by Crippen LogP contribution is -2.32. The first-order chi connectivity index (χ1) is 12.6. The van der Waals surface area contributed by atoms with Gasteiger partial charge in [-0.1, -0.05) is 29.3 Å². The maximum absolute atomic E-state index is 12.3. The molecule has 4 rings (SSSR count). The lowest BCUT2D eigenvalue weighted by Gasteiger charge is -2.22. The summed E-state index contributed by atoms with van der Waals surface area (Å²) in [4.78, 5) is 41.9. The molecule has 2 heterocycles. The van der Waals surface area contributed by atoms with Crippen LogP contribution in [0.2, 0.25) is 0 Å². The van der Waals surface area contributed by atoms with Crippen LogP contribution in [0.5, 0.6) is 0 Å². The molecule has 0 aliphatic carbocycles. The van der Waals surface area contributed by atoms with Gasteiger partial charge >= 0.3 is 5.97 Å². The van der Waals surface area contributed by atoms with Gasteiger partial charge < -0.3 is 9.57 Å². The minimum atomic E-state index is -0.738. The van der Waals surface area contributed by atoms with E-state index in [-0.39, 0.29) is 16.7 Å². The van der Waals surface area contributed by atoms with Crippen LogP contribution < -0.4 is 0 Å². The van der Waals surface area contributed by atoms with Gasteiger partial charge in [0.05, 0.1) is 16.7 Å². The average molecular weight is 351 g/mol. The Morgan fingerprint density at radius 2 is 1.50 bits per heavy atom. The molecule has 2 aromatic rings. The van der Waals surface area contributed by atoms with E-state index in [0.717, 1.165) is 31.6 Å². The molecule has 26 heavy (non-hydrogen) atoms. The number of carbonyl (C=O) groups excluding carboxylic acids is 3. The summed E-state index contributed by atoms with van der Waals surface area (Å²) < 4.78 is 5.36. The highest BCUT2D eigenvalue weighted by atomic mass is 16.7. The molecule has 0 saturated carbocycles. The van der Waals surface area contributed by atoms with Crippen molar-refractivity contribution >= 4 is 17.8 Å². The standard InChI is InChI=1S/C20H17NO5/c22-18-16-3-1-2-4-17(16)19(23)21(18)26-20(24)15-7-5-13(6-8-15)14-9-11-25-12-10-14/h1-8,14H,9-12H2. The van der Waals surface area contributed by atoms with E-state index in [2.05, 4.69) is 0 Å². The van der Waals surface area contributed by atoms with E-state index < -0.39 is 17.8 Å². The third-order valence-electron chi connectivity index (χ3n) is 4.77. The summed E-state index contributed by atoms with van der Waals surface area (Å²) in [6.45, 7) is 1.49. The summed E-state index contributed by atoms with van der Waals surface area (Å²) in [5.41, 5.74) is 1.91. The van der Waals surface area contributed by atoms with Crippen LogP contribution in [-0.4, -0.2) is 36.1 Å². The van der Waals surface area contributed by atoms with Crippen LogP contribution in [0.3, 0.4) is 0 Å². The first kappa shape index (κ1) is 16.5. The van der Waals surface area contributed by atoms with Gasteiger partial charge in [-0.3, -0.25) is 9.59 Å². The molecule has 0 N–H and O–H groups in total. The van der Waals surface area contributed by atoms with Gasteiger partial charge in [-0.05, 0) is 48.6 Å². The fourth-order valence-corrected chi connectivity index (χ4v) is 3.31. The van der Waals surface area contributed by atoms with Crippen molar-refractivity contribution in [2.75, 3.05) is 13.2 Å². The summed E-state index contributed by atoms with van der Waals surface area (Å²) in [7, 11) is 0. The Labute approximate surface area is 150 Å². The van der Waals surface area contributed by atoms with Gasteiger partial charge in [0, 0.05) is 13.2 Å². The van der Waals surface area contributed by atoms with E-state index in [9.17, 15) is 14.4 Å². The van der Waals surface area contributed by atoms with E-state index in [1.165, 1.54) is 12.1 Å². The van der Waals surface area contributed by atoms with Gasteiger partial charge in [-0.2, -0.15) is 0 Å². The molecule has 0 aromatic heterocycles. The third kappa shape index (κ3) is 2.88. The molecule has 0 bridgehead atoms. The summed E-state index contributed by atoms with van der Waals surface area (Å²) in [6.07, 6.45) is 1.91. The van der Waals surface area contributed by atoms with Crippen LogP contribution in [0.25, 0.3) is 0 Å². The predicted molar refractivity (Wildman–Crippen MR) is 91.6 cm³/mol. The van der Waals surface area contributed by atoms with Crippen LogP contribution >= 0.6 is 0 Å². The molecule has 2 aliphatic rings. The van der Waals surface area contributed by atoms with Crippen molar-refractivity contribution in [2.45, 2.75) is 18.8 Å². The largest absolute Gasteiger partial charge is 0.381 e. The number of ether oxygens (including phenoxy) is 1. The summed E-state index contributed by atoms with van der Waals surface area (Å²) >= 11 is 0. The number of carbonyl (C=O) groups is 3. The zero-order chi connectivity index (χ0) is 18.1. The van der Waals surface area contributed by atoms with Crippen LogP contribution in [-0.2, 0) is 9.57 Å². The van der Waals surface area contributed by atoms with E-state index in [1.807, 2.05) is 12.1 Å². The second-order valence-corrected chi connectivity index (χ2v) is 6.34. The Morgan fingerprint density at radius 3 is 2.08 bits per heavy atom. The molecule has 0 radical (unpaired) electrons. The van der Waals surface area contributed by atoms with E-state index in [1.54, 1.807) is 24.3 Å². The molecule has 1 saturated heterocycles. The van der Waals surface area contributed by atoms with Crippen LogP contribution in [0.15, 0.2) is 48.5 Å². The highest BCUT2D eigenvalue weighted by molar-refractivity contribution is 6.21. The van der Waals surface area contributed by atoms with Gasteiger partial charge in [0.15, 0.2) is 0 Å². The van der Waals surface area contributed by atoms with Crippen LogP contribution in [0, 0.1) is 0 Å². The van der Waals surface area contributed by atoms with Gasteiger partial charge in [0.2, 0.25) is 0 Å². The zero-order valence-corrected chi connectivity index (χ0v) is 14.0. The number of hydrogen-bond acceptors (Lipinski definition) is 5. The lowest BCUT2D eigenvalue weighted by molar-refractivity contribution is -0.0584. The molecule has 2 aromatic carbocycles. The Balaban J connectivity index is 1.47. The van der Waals surface area contributed by atoms with Crippen molar-refractivity contribution < 1.29 is 24.0 Å². The summed E-state index contributed by atoms with van der Waals surface area (Å²) in [5, 5.41) is 0.527. The third-order valence-corrected chi connectivity index (χ3v) is 4.77. The minimum absolute atomic E-state index is 0.236. The first-order valence-electron chi connectivity index (χ1n) is 8.53. The second kappa shape index (κ2) is 6.72. The number of amides is 2. The highest BCUT2D eigenvalue weighted by Gasteiger charge is 2.38. The number of hydroxylamine groups is 2. The number of rotatable bonds is 3. The zero-order valence-electron chi connectivity index (χ0n) is 14.0. The van der Waals surface area contributed by atoms with Gasteiger partial charge in [0.25, 0.3) is 11.8 Å². The maximum atomic E-state index is 12.3. The Hall–Kier alpha value is -2.99. The van der Waals surface area contributed by atoms with E-state index in [4.69, 9.17) is 9.57 Å². The number of imide groups is 1. The fraction of sp³-hybridized carbons (Fsp3) is 0.250. The molecule has 0 spiro atoms. The topological polar surface area (TPSA) is 72.9 Å². The molecule has 0 atom stereocenters. The Kier molecular flexibility index (Phi) is 4.26. The summed E-state index contributed by atoms with van der Waals surface area (Å²) in [5.74, 6) is -1.57. The highest BCUT2D eigenvalue weighted by Crippen LogP contribution is 2.27. The van der Waals surface area contributed by atoms with Crippen molar-refractivity contribution in [3.05, 3.63) is 70.8 Å². The maximum Gasteiger partial charge on any atom is 0.363 e. The molecule has 132 valence electrons. The monoisotopic (exact) mass is 351 g/mol. The smallest absolute Gasteiger partial charge is 0.363 e. The molecule has 2 aliphatic heterocycles. The number of hydrogen-bond donors (Lipinski definition) is 0. The normalized spacial score (nSPS) is 17.3. The Bertz CT molecular complexity index is 833. The Morgan fingerprint density at radius 1 is 0.923 bits per heavy atom. The fourth-order valence-electron chi connectivity index (χ4n) is 3.31. The molecule has 1 fully saturated rings. The molecular formula is C20H17NO5. The van der Waals surface area contributed by atoms with Crippen molar-refractivity contribution in [3.63, 3.8) is 0 Å². The second-order valence-electron chi connectivity index (χ2n) is 6.34. The quantitative estimate of drug-likeness (QED) is 0.795. The average Bonchev–Trinajstić information content (AvgIpc) is 2.94. The van der Waals surface area contributed by atoms with Crippen molar-refractivity contribution in [1.82, 2.24) is 5.06 Å². The van der Waals surface area contributed by atoms with Crippen LogP contribution in [0.1, 0.15) is 55.4 Å². The van der Waals surface area contributed by atoms with E-state index in [0.29, 0.717) is 11.0 Å². The summed E-state index contributed by atoms with van der Waals surface area (Å²) in [6, 6.07) is 13.5. The van der Waals surface area contributed by atoms with Crippen molar-refractivity contribution in [1.29, 1.82) is 0 Å². The predicted octanol–water partition coefficient (Wildman–Crippen LogP) is 2.95. The molecule has 6 heteroatoms. The number of nitrogens with zero attached hydrogens (tertiary/aromatic N) is 1. The molecule has 2 amide bonds. The molecule has 0 unspecified atom stereocenters. The van der Waals surface area contributed by atoms with E-state index >= 15 is 0 Å². The van der Waals surface area contributed by atoms with Gasteiger partial charge in [-0.15, -0.1) is 0 Å². The molecular weight excluding hydrogens is 334 g/mol.